The Morgan fingerprint density at radius 3 is 1.80 bits per heavy atom. The lowest BCUT2D eigenvalue weighted by Gasteiger charge is -2.28. The number of furan rings is 1. The average Bonchev–Trinajstić information content (AvgIpc) is 3.95. The van der Waals surface area contributed by atoms with Crippen LogP contribution < -0.4 is 4.90 Å². The van der Waals surface area contributed by atoms with Crippen LogP contribution in [-0.4, -0.2) is 0 Å². The zero-order chi connectivity index (χ0) is 37.3. The number of nitrogens with zero attached hydrogens (tertiary/aromatic N) is 1. The van der Waals surface area contributed by atoms with Crippen LogP contribution in [0.2, 0.25) is 0 Å². The number of hydrogen-bond donors (Lipinski definition) is 0. The van der Waals surface area contributed by atoms with Crippen LogP contribution in [0.25, 0.3) is 64.4 Å². The second kappa shape index (κ2) is 11.3. The summed E-state index contributed by atoms with van der Waals surface area (Å²) in [7, 11) is 0. The third-order valence-corrected chi connectivity index (χ3v) is 14.2. The predicted molar refractivity (Wildman–Crippen MR) is 236 cm³/mol. The molecule has 0 spiro atoms. The first-order valence-corrected chi connectivity index (χ1v) is 20.3. The highest BCUT2D eigenvalue weighted by Crippen LogP contribution is 2.55. The molecule has 0 aliphatic heterocycles. The molecule has 10 aromatic rings. The molecule has 2 aliphatic rings. The maximum absolute atomic E-state index is 7.11. The molecule has 0 atom stereocenters. The van der Waals surface area contributed by atoms with E-state index in [0.29, 0.717) is 0 Å². The number of para-hydroxylation sites is 1. The van der Waals surface area contributed by atoms with Crippen LogP contribution in [-0.2, 0) is 10.8 Å². The quantitative estimate of drug-likeness (QED) is 0.179. The summed E-state index contributed by atoms with van der Waals surface area (Å²) < 4.78 is 9.68. The lowest BCUT2D eigenvalue weighted by molar-refractivity contribution is 0.638. The van der Waals surface area contributed by atoms with Gasteiger partial charge in [-0.25, -0.2) is 0 Å². The number of hydrogen-bond acceptors (Lipinski definition) is 3. The summed E-state index contributed by atoms with van der Waals surface area (Å²) in [6.45, 7) is 7.09. The molecule has 2 nitrogen and oxygen atoms in total. The first-order valence-electron chi connectivity index (χ1n) is 19.5. The van der Waals surface area contributed by atoms with Gasteiger partial charge in [0.15, 0.2) is 0 Å². The molecule has 0 fully saturated rings. The van der Waals surface area contributed by atoms with Crippen molar-refractivity contribution in [2.75, 3.05) is 4.90 Å². The van der Waals surface area contributed by atoms with Gasteiger partial charge in [-0.2, -0.15) is 0 Å². The van der Waals surface area contributed by atoms with Crippen LogP contribution in [0, 0.1) is 0 Å². The Morgan fingerprint density at radius 1 is 0.446 bits per heavy atom. The van der Waals surface area contributed by atoms with E-state index < -0.39 is 0 Å². The smallest absolute Gasteiger partial charge is 0.139 e. The van der Waals surface area contributed by atoms with E-state index in [9.17, 15) is 0 Å². The highest BCUT2D eigenvalue weighted by Gasteiger charge is 2.42. The molecule has 56 heavy (non-hydrogen) atoms. The molecule has 0 radical (unpaired) electrons. The first-order chi connectivity index (χ1) is 27.4. The van der Waals surface area contributed by atoms with Crippen LogP contribution in [0.4, 0.5) is 17.1 Å². The highest BCUT2D eigenvalue weighted by atomic mass is 32.1. The predicted octanol–water partition coefficient (Wildman–Crippen LogP) is 15.1. The van der Waals surface area contributed by atoms with Crippen LogP contribution in [0.1, 0.15) is 48.6 Å². The van der Waals surface area contributed by atoms with Gasteiger partial charge < -0.3 is 9.32 Å². The van der Waals surface area contributed by atoms with Crippen molar-refractivity contribution >= 4 is 70.5 Å². The zero-order valence-electron chi connectivity index (χ0n) is 31.4. The zero-order valence-corrected chi connectivity index (χ0v) is 32.2. The van der Waals surface area contributed by atoms with Gasteiger partial charge in [-0.3, -0.25) is 0 Å². The minimum Gasteiger partial charge on any atom is -0.456 e. The summed E-state index contributed by atoms with van der Waals surface area (Å²) >= 11 is 1.87. The van der Waals surface area contributed by atoms with Gasteiger partial charge in [0.2, 0.25) is 0 Å². The van der Waals surface area contributed by atoms with Crippen molar-refractivity contribution in [2.45, 2.75) is 31.6 Å². The number of thiophene rings is 1. The second-order valence-corrected chi connectivity index (χ2v) is 17.2. The summed E-state index contributed by atoms with van der Waals surface area (Å²) in [6.07, 6.45) is 0. The molecular weight excluding hydrogens is 699 g/mol. The van der Waals surface area contributed by atoms with Crippen molar-refractivity contribution in [1.29, 1.82) is 0 Å². The molecule has 0 N–H and O–H groups in total. The second-order valence-electron chi connectivity index (χ2n) is 16.2. The molecule has 0 amide bonds. The SMILES string of the molecule is CC1(C)c2ccccc2-c2ccc(N(c3ccc4c(c3)oc3c(C5(C)c6ccccc6-c6ccccc65)cccc34)c3cccc4c3sc3ccccc34)cc21. The van der Waals surface area contributed by atoms with Gasteiger partial charge >= 0.3 is 0 Å². The summed E-state index contributed by atoms with van der Waals surface area (Å²) in [5.41, 5.74) is 16.5. The van der Waals surface area contributed by atoms with Gasteiger partial charge in [0, 0.05) is 60.1 Å². The van der Waals surface area contributed by atoms with E-state index in [1.54, 1.807) is 0 Å². The Labute approximate surface area is 329 Å². The van der Waals surface area contributed by atoms with E-state index in [2.05, 4.69) is 196 Å². The van der Waals surface area contributed by atoms with E-state index in [1.807, 2.05) is 11.3 Å². The third-order valence-electron chi connectivity index (χ3n) is 13.0. The molecule has 266 valence electrons. The molecule has 0 bridgehead atoms. The van der Waals surface area contributed by atoms with E-state index in [0.717, 1.165) is 33.3 Å². The van der Waals surface area contributed by atoms with Crippen LogP contribution in [0.5, 0.6) is 0 Å². The Balaban J connectivity index is 1.09. The highest BCUT2D eigenvalue weighted by molar-refractivity contribution is 7.26. The Morgan fingerprint density at radius 2 is 1.02 bits per heavy atom. The minimum absolute atomic E-state index is 0.121. The molecule has 12 rings (SSSR count). The van der Waals surface area contributed by atoms with Crippen molar-refractivity contribution in [1.82, 2.24) is 0 Å². The van der Waals surface area contributed by atoms with Crippen molar-refractivity contribution in [3.8, 4) is 22.3 Å². The fourth-order valence-electron chi connectivity index (χ4n) is 10.2. The monoisotopic (exact) mass is 735 g/mol. The van der Waals surface area contributed by atoms with E-state index in [-0.39, 0.29) is 10.8 Å². The molecule has 0 unspecified atom stereocenters. The van der Waals surface area contributed by atoms with Crippen molar-refractivity contribution < 1.29 is 4.42 Å². The van der Waals surface area contributed by atoms with E-state index in [1.165, 1.54) is 75.9 Å². The lowest BCUT2D eigenvalue weighted by atomic mass is 9.74. The standard InChI is InChI=1S/C53H37NOS/c1-52(2)42-20-8-4-14-34(42)37-28-26-32(30-46(37)52)54(47-24-13-19-41-39-17-7-11-25-49(39)56-51(41)47)33-27-29-38-40-18-12-23-45(50(40)55-48(38)31-33)53(3)43-21-9-5-15-35(43)36-16-6-10-22-44(36)53/h4-31H,1-3H3. The van der Waals surface area contributed by atoms with Gasteiger partial charge in [0.05, 0.1) is 10.4 Å². The molecule has 2 aromatic heterocycles. The summed E-state index contributed by atoms with van der Waals surface area (Å²) in [5.74, 6) is 0. The number of anilines is 3. The number of fused-ring (bicyclic) bond motifs is 12. The van der Waals surface area contributed by atoms with Gasteiger partial charge in [-0.05, 0) is 87.8 Å². The van der Waals surface area contributed by atoms with Crippen molar-refractivity contribution in [3.63, 3.8) is 0 Å². The van der Waals surface area contributed by atoms with Crippen molar-refractivity contribution in [3.05, 3.63) is 198 Å². The topological polar surface area (TPSA) is 16.4 Å². The molecule has 8 aromatic carbocycles. The fraction of sp³-hybridized carbons (Fsp3) is 0.0943. The van der Waals surface area contributed by atoms with Gasteiger partial charge in [0.25, 0.3) is 0 Å². The summed E-state index contributed by atoms with van der Waals surface area (Å²) in [6, 6.07) is 62.7. The summed E-state index contributed by atoms with van der Waals surface area (Å²) in [5, 5.41) is 4.84. The molecule has 3 heteroatoms. The van der Waals surface area contributed by atoms with Gasteiger partial charge in [-0.15, -0.1) is 11.3 Å². The number of benzene rings is 8. The maximum Gasteiger partial charge on any atom is 0.139 e. The number of rotatable bonds is 4. The molecule has 2 heterocycles. The third kappa shape index (κ3) is 4.16. The normalized spacial score (nSPS) is 14.6. The van der Waals surface area contributed by atoms with E-state index >= 15 is 0 Å². The molecule has 2 aliphatic carbocycles. The summed E-state index contributed by atoms with van der Waals surface area (Å²) in [4.78, 5) is 2.45. The van der Waals surface area contributed by atoms with Gasteiger partial charge in [0.1, 0.15) is 11.2 Å². The minimum atomic E-state index is -0.360. The largest absolute Gasteiger partial charge is 0.456 e. The van der Waals surface area contributed by atoms with Gasteiger partial charge in [-0.1, -0.05) is 141 Å². The van der Waals surface area contributed by atoms with Crippen LogP contribution in [0.15, 0.2) is 174 Å². The Kier molecular flexibility index (Phi) is 6.44. The van der Waals surface area contributed by atoms with Crippen molar-refractivity contribution in [2.24, 2.45) is 0 Å². The molecule has 0 saturated heterocycles. The Bertz CT molecular complexity index is 3220. The van der Waals surface area contributed by atoms with Crippen LogP contribution >= 0.6 is 11.3 Å². The Hall–Kier alpha value is -6.42. The molecule has 0 saturated carbocycles. The fourth-order valence-corrected chi connectivity index (χ4v) is 11.4. The first kappa shape index (κ1) is 31.9. The van der Waals surface area contributed by atoms with E-state index in [4.69, 9.17) is 4.42 Å². The lowest BCUT2D eigenvalue weighted by Crippen LogP contribution is -2.22. The average molecular weight is 736 g/mol. The van der Waals surface area contributed by atoms with Crippen LogP contribution in [0.3, 0.4) is 0 Å². The molecular formula is C53H37NOS. The maximum atomic E-state index is 7.11.